The number of amides is 1. The van der Waals surface area contributed by atoms with Crippen LogP contribution >= 0.6 is 0 Å². The van der Waals surface area contributed by atoms with E-state index in [1.54, 1.807) is 0 Å². The fraction of sp³-hybridized carbons (Fsp3) is 0.409. The van der Waals surface area contributed by atoms with Crippen molar-refractivity contribution in [3.8, 4) is 0 Å². The molecular weight excluding hydrogens is 322 g/mol. The Morgan fingerprint density at radius 1 is 1.23 bits per heavy atom. The monoisotopic (exact) mass is 351 g/mol. The minimum atomic E-state index is 0.321. The first-order valence-electron chi connectivity index (χ1n) is 9.33. The van der Waals surface area contributed by atoms with Crippen LogP contribution in [0.1, 0.15) is 33.9 Å². The van der Waals surface area contributed by atoms with E-state index < -0.39 is 0 Å². The molecule has 1 heterocycles. The lowest BCUT2D eigenvalue weighted by molar-refractivity contribution is -0.109. The molecule has 1 unspecified atom stereocenters. The summed E-state index contributed by atoms with van der Waals surface area (Å²) < 4.78 is 0. The van der Waals surface area contributed by atoms with Crippen LogP contribution in [-0.4, -0.2) is 49.9 Å². The molecule has 4 nitrogen and oxygen atoms in total. The number of nitrogens with zero attached hydrogens (tertiary/aromatic N) is 2. The second kappa shape index (κ2) is 8.47. The molecule has 0 saturated heterocycles. The summed E-state index contributed by atoms with van der Waals surface area (Å²) in [6, 6.07) is 16.0. The van der Waals surface area contributed by atoms with Gasteiger partial charge in [0.05, 0.1) is 6.04 Å². The van der Waals surface area contributed by atoms with E-state index in [1.165, 1.54) is 27.8 Å². The van der Waals surface area contributed by atoms with Gasteiger partial charge in [0, 0.05) is 26.2 Å². The van der Waals surface area contributed by atoms with Gasteiger partial charge >= 0.3 is 0 Å². The van der Waals surface area contributed by atoms with Gasteiger partial charge in [-0.25, -0.2) is 0 Å². The highest BCUT2D eigenvalue weighted by atomic mass is 16.1. The average molecular weight is 351 g/mol. The molecule has 1 amide bonds. The second-order valence-electron chi connectivity index (χ2n) is 7.34. The summed E-state index contributed by atoms with van der Waals surface area (Å²) in [7, 11) is 4.33. The molecule has 2 aromatic carbocycles. The smallest absolute Gasteiger partial charge is 0.207 e. The van der Waals surface area contributed by atoms with Crippen molar-refractivity contribution >= 4 is 6.41 Å². The Labute approximate surface area is 156 Å². The molecule has 1 atom stereocenters. The summed E-state index contributed by atoms with van der Waals surface area (Å²) in [6.07, 6.45) is 1.85. The van der Waals surface area contributed by atoms with E-state index >= 15 is 0 Å². The Morgan fingerprint density at radius 2 is 2.00 bits per heavy atom. The van der Waals surface area contributed by atoms with Gasteiger partial charge < -0.3 is 10.2 Å². The van der Waals surface area contributed by atoms with E-state index in [-0.39, 0.29) is 0 Å². The fourth-order valence-corrected chi connectivity index (χ4v) is 3.89. The van der Waals surface area contributed by atoms with Gasteiger partial charge in [0.2, 0.25) is 6.41 Å². The second-order valence-corrected chi connectivity index (χ2v) is 7.34. The van der Waals surface area contributed by atoms with Gasteiger partial charge in [-0.3, -0.25) is 9.69 Å². The van der Waals surface area contributed by atoms with Crippen LogP contribution in [0.5, 0.6) is 0 Å². The Hall–Kier alpha value is -2.17. The number of hydrogen-bond donors (Lipinski definition) is 1. The number of likely N-dealkylation sites (N-methyl/N-ethyl adjacent to an activating group) is 2. The maximum Gasteiger partial charge on any atom is 0.207 e. The van der Waals surface area contributed by atoms with Gasteiger partial charge in [-0.2, -0.15) is 0 Å². The van der Waals surface area contributed by atoms with Gasteiger partial charge in [-0.1, -0.05) is 48.0 Å². The molecule has 0 aromatic heterocycles. The van der Waals surface area contributed by atoms with Crippen molar-refractivity contribution in [2.75, 3.05) is 33.7 Å². The standard InChI is InChI=1S/C22H29N3O/c1-17-7-9-18(10-8-17)22-21-6-4-5-19(20(21)11-13-25(22)3)15-24(2)14-12-23-16-26/h4-10,16,22H,11-15H2,1-3H3,(H,23,26). The summed E-state index contributed by atoms with van der Waals surface area (Å²) in [5.41, 5.74) is 6.98. The van der Waals surface area contributed by atoms with E-state index in [4.69, 9.17) is 0 Å². The summed E-state index contributed by atoms with van der Waals surface area (Å²) in [6.45, 7) is 5.65. The third kappa shape index (κ3) is 4.14. The largest absolute Gasteiger partial charge is 0.357 e. The van der Waals surface area contributed by atoms with Gasteiger partial charge in [0.25, 0.3) is 0 Å². The number of carbonyl (C=O) groups excluding carboxylic acids is 1. The highest BCUT2D eigenvalue weighted by molar-refractivity contribution is 5.46. The summed E-state index contributed by atoms with van der Waals surface area (Å²) in [5, 5.41) is 2.74. The van der Waals surface area contributed by atoms with Crippen LogP contribution in [0.4, 0.5) is 0 Å². The molecule has 0 radical (unpaired) electrons. The first kappa shape index (κ1) is 18.6. The van der Waals surface area contributed by atoms with Crippen LogP contribution in [0, 0.1) is 6.92 Å². The van der Waals surface area contributed by atoms with Gasteiger partial charge in [0.1, 0.15) is 0 Å². The lowest BCUT2D eigenvalue weighted by Gasteiger charge is -2.36. The fourth-order valence-electron chi connectivity index (χ4n) is 3.89. The first-order chi connectivity index (χ1) is 12.6. The zero-order chi connectivity index (χ0) is 18.5. The molecule has 0 saturated carbocycles. The number of nitrogens with one attached hydrogen (secondary N) is 1. The molecule has 1 aliphatic heterocycles. The van der Waals surface area contributed by atoms with Crippen molar-refractivity contribution in [1.29, 1.82) is 0 Å². The SMILES string of the molecule is Cc1ccc(C2c3cccc(CN(C)CCNC=O)c3CCN2C)cc1. The maximum absolute atomic E-state index is 10.4. The molecule has 1 aliphatic rings. The molecule has 138 valence electrons. The van der Waals surface area contributed by atoms with Crippen LogP contribution in [0.25, 0.3) is 0 Å². The molecule has 0 aliphatic carbocycles. The van der Waals surface area contributed by atoms with Crippen molar-refractivity contribution in [2.45, 2.75) is 25.9 Å². The summed E-state index contributed by atoms with van der Waals surface area (Å²) in [4.78, 5) is 15.1. The number of carbonyl (C=O) groups is 1. The molecule has 3 rings (SSSR count). The third-order valence-electron chi connectivity index (χ3n) is 5.31. The molecule has 4 heteroatoms. The number of rotatable bonds is 7. The van der Waals surface area contributed by atoms with Crippen molar-refractivity contribution in [3.63, 3.8) is 0 Å². The van der Waals surface area contributed by atoms with Crippen molar-refractivity contribution < 1.29 is 4.79 Å². The molecule has 0 fully saturated rings. The van der Waals surface area contributed by atoms with E-state index in [9.17, 15) is 4.79 Å². The van der Waals surface area contributed by atoms with E-state index in [0.717, 1.165) is 32.5 Å². The third-order valence-corrected chi connectivity index (χ3v) is 5.31. The Kier molecular flexibility index (Phi) is 6.07. The van der Waals surface area contributed by atoms with E-state index in [1.807, 2.05) is 0 Å². The number of hydrogen-bond acceptors (Lipinski definition) is 3. The maximum atomic E-state index is 10.4. The van der Waals surface area contributed by atoms with Crippen molar-refractivity contribution in [1.82, 2.24) is 15.1 Å². The Bertz CT molecular complexity index is 742. The zero-order valence-corrected chi connectivity index (χ0v) is 16.0. The number of aryl methyl sites for hydroxylation is 1. The zero-order valence-electron chi connectivity index (χ0n) is 16.0. The van der Waals surface area contributed by atoms with E-state index in [0.29, 0.717) is 12.6 Å². The van der Waals surface area contributed by atoms with Crippen LogP contribution in [0.2, 0.25) is 0 Å². The quantitative estimate of drug-likeness (QED) is 0.615. The van der Waals surface area contributed by atoms with Gasteiger partial charge in [-0.15, -0.1) is 0 Å². The van der Waals surface area contributed by atoms with Crippen LogP contribution in [0.3, 0.4) is 0 Å². The average Bonchev–Trinajstić information content (AvgIpc) is 2.63. The predicted octanol–water partition coefficient (Wildman–Crippen LogP) is 2.75. The lowest BCUT2D eigenvalue weighted by Crippen LogP contribution is -2.34. The molecule has 0 spiro atoms. The normalized spacial score (nSPS) is 17.2. The summed E-state index contributed by atoms with van der Waals surface area (Å²) >= 11 is 0. The van der Waals surface area contributed by atoms with Crippen LogP contribution in [-0.2, 0) is 17.8 Å². The van der Waals surface area contributed by atoms with Crippen molar-refractivity contribution in [2.24, 2.45) is 0 Å². The Morgan fingerprint density at radius 3 is 2.73 bits per heavy atom. The first-order valence-corrected chi connectivity index (χ1v) is 9.33. The molecule has 0 bridgehead atoms. The van der Waals surface area contributed by atoms with Crippen LogP contribution in [0.15, 0.2) is 42.5 Å². The summed E-state index contributed by atoms with van der Waals surface area (Å²) in [5.74, 6) is 0. The number of fused-ring (bicyclic) bond motifs is 1. The lowest BCUT2D eigenvalue weighted by atomic mass is 9.85. The highest BCUT2D eigenvalue weighted by Gasteiger charge is 2.27. The van der Waals surface area contributed by atoms with E-state index in [2.05, 4.69) is 78.6 Å². The van der Waals surface area contributed by atoms with Gasteiger partial charge in [0.15, 0.2) is 0 Å². The molecule has 1 N–H and O–H groups in total. The van der Waals surface area contributed by atoms with Crippen molar-refractivity contribution in [3.05, 3.63) is 70.3 Å². The number of benzene rings is 2. The molecular formula is C22H29N3O. The van der Waals surface area contributed by atoms with Crippen LogP contribution < -0.4 is 5.32 Å². The minimum absolute atomic E-state index is 0.321. The van der Waals surface area contributed by atoms with Gasteiger partial charge in [-0.05, 0) is 49.7 Å². The Balaban J connectivity index is 1.86. The molecule has 2 aromatic rings. The highest BCUT2D eigenvalue weighted by Crippen LogP contribution is 2.35. The predicted molar refractivity (Wildman–Crippen MR) is 106 cm³/mol. The molecule has 26 heavy (non-hydrogen) atoms. The topological polar surface area (TPSA) is 35.6 Å². The minimum Gasteiger partial charge on any atom is -0.357 e.